The first kappa shape index (κ1) is 19.1. The van der Waals surface area contributed by atoms with Crippen molar-refractivity contribution in [2.45, 2.75) is 0 Å². The minimum absolute atomic E-state index is 0.0660. The average molecular weight is 416 g/mol. The molecule has 9 heteroatoms. The van der Waals surface area contributed by atoms with Crippen molar-refractivity contribution in [1.82, 2.24) is 4.90 Å². The molecule has 2 aliphatic heterocycles. The van der Waals surface area contributed by atoms with E-state index in [1.165, 1.54) is 18.2 Å². The molecule has 0 aliphatic carbocycles. The van der Waals surface area contributed by atoms with Crippen LogP contribution in [0.5, 0.6) is 11.5 Å². The van der Waals surface area contributed by atoms with E-state index in [-0.39, 0.29) is 18.4 Å². The van der Waals surface area contributed by atoms with Crippen LogP contribution in [-0.4, -0.2) is 48.7 Å². The predicted octanol–water partition coefficient (Wildman–Crippen LogP) is 3.34. The van der Waals surface area contributed by atoms with E-state index in [1.54, 1.807) is 35.2 Å². The minimum Gasteiger partial charge on any atom is -0.454 e. The Hall–Kier alpha value is -3.26. The number of nitro groups is 1. The highest BCUT2D eigenvalue weighted by molar-refractivity contribution is 6.32. The third-order valence-corrected chi connectivity index (χ3v) is 5.17. The van der Waals surface area contributed by atoms with Gasteiger partial charge in [0.15, 0.2) is 11.5 Å². The Morgan fingerprint density at radius 1 is 1.10 bits per heavy atom. The van der Waals surface area contributed by atoms with Gasteiger partial charge in [-0.15, -0.1) is 0 Å². The van der Waals surface area contributed by atoms with Crippen molar-refractivity contribution < 1.29 is 19.2 Å². The molecule has 1 amide bonds. The number of anilines is 1. The number of nitrogens with zero attached hydrogens (tertiary/aromatic N) is 3. The number of hydrogen-bond acceptors (Lipinski definition) is 6. The van der Waals surface area contributed by atoms with Gasteiger partial charge >= 0.3 is 0 Å². The maximum Gasteiger partial charge on any atom is 0.269 e. The number of amides is 1. The van der Waals surface area contributed by atoms with Gasteiger partial charge in [0.05, 0.1) is 9.95 Å². The van der Waals surface area contributed by atoms with Crippen LogP contribution in [-0.2, 0) is 4.79 Å². The van der Waals surface area contributed by atoms with E-state index in [9.17, 15) is 14.9 Å². The van der Waals surface area contributed by atoms with Crippen LogP contribution < -0.4 is 14.4 Å². The fraction of sp³-hybridized carbons (Fsp3) is 0.250. The summed E-state index contributed by atoms with van der Waals surface area (Å²) in [5, 5.41) is 11.2. The number of rotatable bonds is 4. The summed E-state index contributed by atoms with van der Waals surface area (Å²) in [6, 6.07) is 9.96. The van der Waals surface area contributed by atoms with Gasteiger partial charge < -0.3 is 19.3 Å². The average Bonchev–Trinajstić information content (AvgIpc) is 3.21. The quantitative estimate of drug-likeness (QED) is 0.432. The standard InChI is InChI=1S/C20H18ClN3O5/c21-17-11-14(12-18-20(17)29-13-28-18)1-6-19(25)23-9-7-22(8-10-23)15-2-4-16(5-3-15)24(26)27/h1-6,11-12H,7-10,13H2/b6-1+. The van der Waals surface area contributed by atoms with Gasteiger partial charge in [-0.3, -0.25) is 14.9 Å². The number of hydrogen-bond donors (Lipinski definition) is 0. The van der Waals surface area contributed by atoms with Crippen molar-refractivity contribution in [3.8, 4) is 11.5 Å². The molecular formula is C20H18ClN3O5. The molecule has 0 atom stereocenters. The van der Waals surface area contributed by atoms with Crippen molar-refractivity contribution in [3.63, 3.8) is 0 Å². The highest BCUT2D eigenvalue weighted by atomic mass is 35.5. The molecule has 150 valence electrons. The van der Waals surface area contributed by atoms with E-state index >= 15 is 0 Å². The number of nitro benzene ring substituents is 1. The van der Waals surface area contributed by atoms with Crippen LogP contribution in [0.15, 0.2) is 42.5 Å². The molecule has 2 aliphatic rings. The molecule has 0 N–H and O–H groups in total. The van der Waals surface area contributed by atoms with Gasteiger partial charge in [-0.25, -0.2) is 0 Å². The van der Waals surface area contributed by atoms with Crippen molar-refractivity contribution in [2.24, 2.45) is 0 Å². The Balaban J connectivity index is 1.35. The van der Waals surface area contributed by atoms with Crippen LogP contribution in [0.25, 0.3) is 6.08 Å². The number of fused-ring (bicyclic) bond motifs is 1. The first-order valence-corrected chi connectivity index (χ1v) is 9.44. The van der Waals surface area contributed by atoms with Gasteiger partial charge in [0.1, 0.15) is 0 Å². The van der Waals surface area contributed by atoms with Gasteiger partial charge in [0.25, 0.3) is 5.69 Å². The van der Waals surface area contributed by atoms with Crippen LogP contribution in [0.1, 0.15) is 5.56 Å². The van der Waals surface area contributed by atoms with Crippen molar-refractivity contribution in [3.05, 3.63) is 63.2 Å². The van der Waals surface area contributed by atoms with Crippen LogP contribution in [0, 0.1) is 10.1 Å². The second-order valence-electron chi connectivity index (χ2n) is 6.66. The van der Waals surface area contributed by atoms with Gasteiger partial charge in [0.2, 0.25) is 12.7 Å². The smallest absolute Gasteiger partial charge is 0.269 e. The SMILES string of the molecule is O=C(/C=C/c1cc(Cl)c2c(c1)OCO2)N1CCN(c2ccc([N+](=O)[O-])cc2)CC1. The van der Waals surface area contributed by atoms with Crippen LogP contribution >= 0.6 is 11.6 Å². The van der Waals surface area contributed by atoms with Gasteiger partial charge in [-0.05, 0) is 35.9 Å². The van der Waals surface area contributed by atoms with Crippen molar-refractivity contribution in [2.75, 3.05) is 37.9 Å². The number of benzene rings is 2. The number of piperazine rings is 1. The molecule has 1 fully saturated rings. The fourth-order valence-corrected chi connectivity index (χ4v) is 3.60. The summed E-state index contributed by atoms with van der Waals surface area (Å²) in [4.78, 5) is 26.7. The zero-order valence-corrected chi connectivity index (χ0v) is 16.2. The summed E-state index contributed by atoms with van der Waals surface area (Å²) in [6.45, 7) is 2.60. The number of non-ortho nitro benzene ring substituents is 1. The predicted molar refractivity (Wildman–Crippen MR) is 108 cm³/mol. The zero-order valence-electron chi connectivity index (χ0n) is 15.4. The Morgan fingerprint density at radius 2 is 1.83 bits per heavy atom. The summed E-state index contributed by atoms with van der Waals surface area (Å²) in [5.74, 6) is 1.01. The molecule has 0 radical (unpaired) electrons. The van der Waals surface area contributed by atoms with E-state index in [0.29, 0.717) is 42.7 Å². The molecule has 2 aromatic rings. The molecule has 8 nitrogen and oxygen atoms in total. The molecule has 0 saturated carbocycles. The second-order valence-corrected chi connectivity index (χ2v) is 7.06. The third-order valence-electron chi connectivity index (χ3n) is 4.88. The summed E-state index contributed by atoms with van der Waals surface area (Å²) in [7, 11) is 0. The summed E-state index contributed by atoms with van der Waals surface area (Å²) < 4.78 is 10.6. The summed E-state index contributed by atoms with van der Waals surface area (Å²) in [6.07, 6.45) is 3.23. The Kier molecular flexibility index (Phi) is 5.26. The van der Waals surface area contributed by atoms with E-state index < -0.39 is 4.92 Å². The van der Waals surface area contributed by atoms with E-state index in [0.717, 1.165) is 11.3 Å². The topological polar surface area (TPSA) is 85.2 Å². The largest absolute Gasteiger partial charge is 0.454 e. The minimum atomic E-state index is -0.417. The van der Waals surface area contributed by atoms with Gasteiger partial charge in [0, 0.05) is 50.1 Å². The summed E-state index contributed by atoms with van der Waals surface area (Å²) in [5.41, 5.74) is 1.74. The maximum absolute atomic E-state index is 12.5. The van der Waals surface area contributed by atoms with E-state index in [2.05, 4.69) is 4.90 Å². The molecular weight excluding hydrogens is 398 g/mol. The number of carbonyl (C=O) groups is 1. The second kappa shape index (κ2) is 8.00. The molecule has 0 bridgehead atoms. The van der Waals surface area contributed by atoms with Crippen LogP contribution in [0.2, 0.25) is 5.02 Å². The normalized spacial score (nSPS) is 15.8. The van der Waals surface area contributed by atoms with Crippen LogP contribution in [0.4, 0.5) is 11.4 Å². The molecule has 0 spiro atoms. The highest BCUT2D eigenvalue weighted by Gasteiger charge is 2.21. The lowest BCUT2D eigenvalue weighted by Crippen LogP contribution is -2.48. The first-order valence-electron chi connectivity index (χ1n) is 9.07. The van der Waals surface area contributed by atoms with E-state index in [1.807, 2.05) is 0 Å². The van der Waals surface area contributed by atoms with Gasteiger partial charge in [-0.2, -0.15) is 0 Å². The monoisotopic (exact) mass is 415 g/mol. The molecule has 2 heterocycles. The summed E-state index contributed by atoms with van der Waals surface area (Å²) >= 11 is 6.16. The zero-order chi connectivity index (χ0) is 20.4. The number of ether oxygens (including phenoxy) is 2. The molecule has 0 unspecified atom stereocenters. The first-order chi connectivity index (χ1) is 14.0. The lowest BCUT2D eigenvalue weighted by Gasteiger charge is -2.35. The third kappa shape index (κ3) is 4.12. The Labute approximate surface area is 172 Å². The molecule has 2 aromatic carbocycles. The number of halogens is 1. The number of carbonyl (C=O) groups excluding carboxylic acids is 1. The molecule has 1 saturated heterocycles. The lowest BCUT2D eigenvalue weighted by atomic mass is 10.1. The fourth-order valence-electron chi connectivity index (χ4n) is 3.33. The lowest BCUT2D eigenvalue weighted by molar-refractivity contribution is -0.384. The van der Waals surface area contributed by atoms with E-state index in [4.69, 9.17) is 21.1 Å². The van der Waals surface area contributed by atoms with Crippen LogP contribution in [0.3, 0.4) is 0 Å². The highest BCUT2D eigenvalue weighted by Crippen LogP contribution is 2.40. The Morgan fingerprint density at radius 3 is 2.52 bits per heavy atom. The maximum atomic E-state index is 12.5. The Bertz CT molecular complexity index is 969. The molecule has 0 aromatic heterocycles. The molecule has 29 heavy (non-hydrogen) atoms. The molecule has 4 rings (SSSR count). The van der Waals surface area contributed by atoms with Crippen molar-refractivity contribution >= 4 is 35.0 Å². The van der Waals surface area contributed by atoms with Crippen molar-refractivity contribution in [1.29, 1.82) is 0 Å². The van der Waals surface area contributed by atoms with Gasteiger partial charge in [-0.1, -0.05) is 11.6 Å².